The quantitative estimate of drug-likeness (QED) is 0.932. The number of benzene rings is 1. The minimum atomic E-state index is -1.31. The van der Waals surface area contributed by atoms with Gasteiger partial charge in [-0.3, -0.25) is 4.79 Å². The predicted octanol–water partition coefficient (Wildman–Crippen LogP) is 2.77. The van der Waals surface area contributed by atoms with Crippen molar-refractivity contribution in [1.29, 1.82) is 0 Å². The van der Waals surface area contributed by atoms with E-state index in [1.54, 1.807) is 35.9 Å². The van der Waals surface area contributed by atoms with Crippen molar-refractivity contribution in [3.63, 3.8) is 0 Å². The van der Waals surface area contributed by atoms with Gasteiger partial charge in [0.15, 0.2) is 0 Å². The van der Waals surface area contributed by atoms with Crippen LogP contribution in [0.5, 0.6) is 0 Å². The van der Waals surface area contributed by atoms with Crippen LogP contribution in [0.25, 0.3) is 5.69 Å². The van der Waals surface area contributed by atoms with E-state index in [-0.39, 0.29) is 0 Å². The smallest absolute Gasteiger partial charge is 0.329 e. The van der Waals surface area contributed by atoms with Crippen LogP contribution in [0.15, 0.2) is 30.5 Å². The van der Waals surface area contributed by atoms with Crippen LogP contribution in [0.4, 0.5) is 0 Å². The topological polar surface area (TPSA) is 75.4 Å². The fourth-order valence-corrected chi connectivity index (χ4v) is 2.17. The summed E-state index contributed by atoms with van der Waals surface area (Å²) in [6.07, 6.45) is 1.45. The highest BCUT2D eigenvalue weighted by molar-refractivity contribution is 6.30. The third kappa shape index (κ3) is 3.07. The average molecular weight is 336 g/mol. The van der Waals surface area contributed by atoms with Crippen LogP contribution in [-0.2, 0) is 4.79 Å². The molecule has 0 saturated carbocycles. The third-order valence-corrected chi connectivity index (χ3v) is 4.23. The minimum absolute atomic E-state index is 0.358. The Bertz CT molecular complexity index is 750. The molecule has 0 aliphatic carbocycles. The highest BCUT2D eigenvalue weighted by Gasteiger charge is 2.36. The predicted molar refractivity (Wildman–Crippen MR) is 87.1 cm³/mol. The lowest BCUT2D eigenvalue weighted by molar-refractivity contribution is -0.147. The Hall–Kier alpha value is -2.34. The van der Waals surface area contributed by atoms with Crippen LogP contribution in [-0.4, -0.2) is 44.3 Å². The van der Waals surface area contributed by atoms with Crippen molar-refractivity contribution >= 4 is 23.5 Å². The molecule has 1 aromatic carbocycles. The van der Waals surface area contributed by atoms with E-state index in [1.165, 1.54) is 32.0 Å². The van der Waals surface area contributed by atoms with Crippen LogP contribution in [0.3, 0.4) is 0 Å². The zero-order valence-corrected chi connectivity index (χ0v) is 14.1. The van der Waals surface area contributed by atoms with Gasteiger partial charge in [-0.05, 0) is 45.0 Å². The molecule has 1 heterocycles. The van der Waals surface area contributed by atoms with Crippen molar-refractivity contribution in [2.45, 2.75) is 26.3 Å². The Balaban J connectivity index is 2.37. The van der Waals surface area contributed by atoms with E-state index >= 15 is 0 Å². The van der Waals surface area contributed by atoms with E-state index in [0.717, 1.165) is 5.69 Å². The number of amides is 1. The summed E-state index contributed by atoms with van der Waals surface area (Å²) in [7, 11) is 1.47. The maximum Gasteiger partial charge on any atom is 0.329 e. The van der Waals surface area contributed by atoms with E-state index < -0.39 is 17.4 Å². The third-order valence-electron chi connectivity index (χ3n) is 3.98. The molecule has 23 heavy (non-hydrogen) atoms. The summed E-state index contributed by atoms with van der Waals surface area (Å²) in [6.45, 7) is 4.72. The molecule has 0 aliphatic rings. The van der Waals surface area contributed by atoms with Crippen molar-refractivity contribution < 1.29 is 14.7 Å². The Morgan fingerprint density at radius 3 is 2.35 bits per heavy atom. The van der Waals surface area contributed by atoms with E-state index in [2.05, 4.69) is 5.10 Å². The molecule has 0 atom stereocenters. The highest BCUT2D eigenvalue weighted by Crippen LogP contribution is 2.21. The van der Waals surface area contributed by atoms with Crippen molar-refractivity contribution in [2.75, 3.05) is 7.05 Å². The number of aliphatic carboxylic acids is 1. The SMILES string of the molecule is Cc1c(C(=O)N(C)C(C)(C)C(=O)O)cnn1-c1ccc(Cl)cc1. The normalized spacial score (nSPS) is 11.3. The van der Waals surface area contributed by atoms with Gasteiger partial charge in [-0.2, -0.15) is 5.10 Å². The number of rotatable bonds is 4. The number of carbonyl (C=O) groups is 2. The summed E-state index contributed by atoms with van der Waals surface area (Å²) in [4.78, 5) is 25.1. The molecule has 0 radical (unpaired) electrons. The molecular formula is C16H18ClN3O3. The van der Waals surface area contributed by atoms with Crippen molar-refractivity contribution in [2.24, 2.45) is 0 Å². The molecule has 1 aromatic heterocycles. The first kappa shape index (κ1) is 17.0. The van der Waals surface area contributed by atoms with Crippen LogP contribution in [0, 0.1) is 6.92 Å². The fourth-order valence-electron chi connectivity index (χ4n) is 2.04. The molecule has 6 nitrogen and oxygen atoms in total. The molecule has 0 unspecified atom stereocenters. The lowest BCUT2D eigenvalue weighted by atomic mass is 10.0. The highest BCUT2D eigenvalue weighted by atomic mass is 35.5. The molecule has 2 rings (SSSR count). The number of carbonyl (C=O) groups excluding carboxylic acids is 1. The van der Waals surface area contributed by atoms with Gasteiger partial charge in [-0.25, -0.2) is 9.48 Å². The Kier molecular flexibility index (Phi) is 4.47. The summed E-state index contributed by atoms with van der Waals surface area (Å²) in [5, 5.41) is 14.1. The molecule has 0 fully saturated rings. The Morgan fingerprint density at radius 2 is 1.83 bits per heavy atom. The number of hydrogen-bond acceptors (Lipinski definition) is 3. The van der Waals surface area contributed by atoms with Crippen molar-refractivity contribution in [1.82, 2.24) is 14.7 Å². The lowest BCUT2D eigenvalue weighted by Crippen LogP contribution is -2.50. The second-order valence-electron chi connectivity index (χ2n) is 5.76. The van der Waals surface area contributed by atoms with Gasteiger partial charge in [-0.15, -0.1) is 0 Å². The largest absolute Gasteiger partial charge is 0.480 e. The second kappa shape index (κ2) is 6.04. The molecule has 0 bridgehead atoms. The number of likely N-dealkylation sites (N-methyl/N-ethyl adjacent to an activating group) is 1. The van der Waals surface area contributed by atoms with Gasteiger partial charge < -0.3 is 10.0 Å². The van der Waals surface area contributed by atoms with Gasteiger partial charge in [0.1, 0.15) is 5.54 Å². The minimum Gasteiger partial charge on any atom is -0.480 e. The molecule has 0 spiro atoms. The number of nitrogens with zero attached hydrogens (tertiary/aromatic N) is 3. The van der Waals surface area contributed by atoms with Gasteiger partial charge >= 0.3 is 5.97 Å². The van der Waals surface area contributed by atoms with Crippen LogP contribution in [0.1, 0.15) is 29.9 Å². The van der Waals surface area contributed by atoms with Gasteiger partial charge in [0, 0.05) is 12.1 Å². The summed E-state index contributed by atoms with van der Waals surface area (Å²) in [5.41, 5.74) is 0.444. The standard InChI is InChI=1S/C16H18ClN3O3/c1-10-13(14(21)19(4)16(2,3)15(22)23)9-18-20(10)12-7-5-11(17)6-8-12/h5-9H,1-4H3,(H,22,23). The lowest BCUT2D eigenvalue weighted by Gasteiger charge is -2.31. The van der Waals surface area contributed by atoms with Crippen LogP contribution in [0.2, 0.25) is 5.02 Å². The molecule has 7 heteroatoms. The van der Waals surface area contributed by atoms with Gasteiger partial charge in [-0.1, -0.05) is 11.6 Å². The Morgan fingerprint density at radius 1 is 1.26 bits per heavy atom. The van der Waals surface area contributed by atoms with Gasteiger partial charge in [0.05, 0.1) is 23.1 Å². The van der Waals surface area contributed by atoms with Crippen molar-refractivity contribution in [3.05, 3.63) is 46.7 Å². The number of carboxylic acid groups (broad SMARTS) is 1. The average Bonchev–Trinajstić information content (AvgIpc) is 2.88. The fraction of sp³-hybridized carbons (Fsp3) is 0.312. The van der Waals surface area contributed by atoms with E-state index in [0.29, 0.717) is 16.3 Å². The van der Waals surface area contributed by atoms with E-state index in [9.17, 15) is 14.7 Å². The number of carboxylic acids is 1. The first-order valence-electron chi connectivity index (χ1n) is 6.98. The summed E-state index contributed by atoms with van der Waals surface area (Å²) >= 11 is 5.87. The number of halogens is 1. The molecule has 1 amide bonds. The first-order valence-corrected chi connectivity index (χ1v) is 7.36. The molecule has 0 aliphatic heterocycles. The maximum atomic E-state index is 12.6. The monoisotopic (exact) mass is 335 g/mol. The van der Waals surface area contributed by atoms with Gasteiger partial charge in [0.25, 0.3) is 5.91 Å². The van der Waals surface area contributed by atoms with Gasteiger partial charge in [0.2, 0.25) is 0 Å². The zero-order chi connectivity index (χ0) is 17.4. The van der Waals surface area contributed by atoms with Crippen LogP contribution < -0.4 is 0 Å². The summed E-state index contributed by atoms with van der Waals surface area (Å²) < 4.78 is 1.62. The first-order chi connectivity index (χ1) is 10.7. The summed E-state index contributed by atoms with van der Waals surface area (Å²) in [6, 6.07) is 7.06. The van der Waals surface area contributed by atoms with Crippen LogP contribution >= 0.6 is 11.6 Å². The molecule has 1 N–H and O–H groups in total. The molecule has 2 aromatic rings. The van der Waals surface area contributed by atoms with E-state index in [1.807, 2.05) is 0 Å². The maximum absolute atomic E-state index is 12.6. The molecule has 0 saturated heterocycles. The number of hydrogen-bond donors (Lipinski definition) is 1. The Labute approximate surface area is 139 Å². The molecule has 122 valence electrons. The molecular weight excluding hydrogens is 318 g/mol. The number of aromatic nitrogens is 2. The van der Waals surface area contributed by atoms with Crippen molar-refractivity contribution in [3.8, 4) is 5.69 Å². The second-order valence-corrected chi connectivity index (χ2v) is 6.20. The van der Waals surface area contributed by atoms with E-state index in [4.69, 9.17) is 11.6 Å². The zero-order valence-electron chi connectivity index (χ0n) is 13.4. The summed E-state index contributed by atoms with van der Waals surface area (Å²) in [5.74, 6) is -1.47.